The van der Waals surface area contributed by atoms with Crippen LogP contribution in [0.1, 0.15) is 5.56 Å². The topological polar surface area (TPSA) is 62.0 Å². The number of rotatable bonds is 4. The summed E-state index contributed by atoms with van der Waals surface area (Å²) in [5.74, 6) is 0. The molecule has 19 heavy (non-hydrogen) atoms. The van der Waals surface area contributed by atoms with E-state index in [0.717, 1.165) is 16.5 Å². The second-order valence-corrected chi connectivity index (χ2v) is 5.71. The van der Waals surface area contributed by atoms with Crippen molar-refractivity contribution in [2.24, 2.45) is 0 Å². The molecule has 0 atom stereocenters. The van der Waals surface area contributed by atoms with E-state index < -0.39 is 15.5 Å². The fraction of sp³-hybridized carbons (Fsp3) is 0.273. The number of aromatic amines is 1. The summed E-state index contributed by atoms with van der Waals surface area (Å²) >= 11 is 0. The van der Waals surface area contributed by atoms with E-state index >= 15 is 0 Å². The number of hydrogen-bond acceptors (Lipinski definition) is 2. The van der Waals surface area contributed by atoms with Crippen LogP contribution in [0.2, 0.25) is 0 Å². The summed E-state index contributed by atoms with van der Waals surface area (Å²) in [5.41, 5.74) is -3.65. The minimum atomic E-state index is -5.27. The van der Waals surface area contributed by atoms with Gasteiger partial charge in [-0.3, -0.25) is 0 Å². The maximum atomic E-state index is 12.1. The molecule has 0 bridgehead atoms. The Kier molecular flexibility index (Phi) is 3.55. The summed E-state index contributed by atoms with van der Waals surface area (Å²) in [7, 11) is -5.26. The SMILES string of the molecule is O=S(=O)(NCCc1c[nH]c2ccccc12)C(F)(F)F. The van der Waals surface area contributed by atoms with E-state index in [0.29, 0.717) is 0 Å². The highest BCUT2D eigenvalue weighted by atomic mass is 32.2. The van der Waals surface area contributed by atoms with Gasteiger partial charge in [0.1, 0.15) is 0 Å². The molecule has 0 saturated heterocycles. The van der Waals surface area contributed by atoms with Crippen molar-refractivity contribution in [2.75, 3.05) is 6.54 Å². The van der Waals surface area contributed by atoms with Crippen LogP contribution in [0.4, 0.5) is 13.2 Å². The number of para-hydroxylation sites is 1. The second kappa shape index (κ2) is 4.86. The van der Waals surface area contributed by atoms with Crippen LogP contribution in [-0.4, -0.2) is 25.5 Å². The highest BCUT2D eigenvalue weighted by Crippen LogP contribution is 2.22. The zero-order valence-corrected chi connectivity index (χ0v) is 10.5. The van der Waals surface area contributed by atoms with Gasteiger partial charge in [-0.25, -0.2) is 13.1 Å². The molecule has 0 amide bonds. The molecule has 8 heteroatoms. The van der Waals surface area contributed by atoms with Gasteiger partial charge in [-0.1, -0.05) is 18.2 Å². The average molecular weight is 292 g/mol. The van der Waals surface area contributed by atoms with Gasteiger partial charge in [0.2, 0.25) is 0 Å². The summed E-state index contributed by atoms with van der Waals surface area (Å²) < 4.78 is 59.4. The minimum Gasteiger partial charge on any atom is -0.361 e. The number of sulfonamides is 1. The monoisotopic (exact) mass is 292 g/mol. The molecule has 0 unspecified atom stereocenters. The molecule has 0 spiro atoms. The molecule has 2 aromatic rings. The van der Waals surface area contributed by atoms with E-state index in [1.165, 1.54) is 4.72 Å². The Balaban J connectivity index is 2.05. The van der Waals surface area contributed by atoms with Gasteiger partial charge < -0.3 is 4.98 Å². The van der Waals surface area contributed by atoms with Crippen LogP contribution >= 0.6 is 0 Å². The number of fused-ring (bicyclic) bond motifs is 1. The molecular weight excluding hydrogens is 281 g/mol. The predicted octanol–water partition coefficient (Wildman–Crippen LogP) is 2.15. The van der Waals surface area contributed by atoms with Crippen molar-refractivity contribution in [3.63, 3.8) is 0 Å². The largest absolute Gasteiger partial charge is 0.511 e. The minimum absolute atomic E-state index is 0.180. The lowest BCUT2D eigenvalue weighted by Gasteiger charge is -2.08. The third kappa shape index (κ3) is 2.90. The number of aromatic nitrogens is 1. The van der Waals surface area contributed by atoms with E-state index in [1.54, 1.807) is 12.3 Å². The van der Waals surface area contributed by atoms with Crippen molar-refractivity contribution < 1.29 is 21.6 Å². The first-order chi connectivity index (χ1) is 8.81. The molecule has 0 aliphatic carbocycles. The number of hydrogen-bond donors (Lipinski definition) is 2. The van der Waals surface area contributed by atoms with Gasteiger partial charge in [0.15, 0.2) is 0 Å². The van der Waals surface area contributed by atoms with Crippen LogP contribution in [0.25, 0.3) is 10.9 Å². The zero-order chi connectivity index (χ0) is 14.1. The van der Waals surface area contributed by atoms with Gasteiger partial charge in [0.25, 0.3) is 0 Å². The number of benzene rings is 1. The van der Waals surface area contributed by atoms with Crippen molar-refractivity contribution >= 4 is 20.9 Å². The van der Waals surface area contributed by atoms with Crippen LogP contribution in [0.5, 0.6) is 0 Å². The van der Waals surface area contributed by atoms with Crippen LogP contribution in [-0.2, 0) is 16.4 Å². The summed E-state index contributed by atoms with van der Waals surface area (Å²) in [4.78, 5) is 2.97. The normalized spacial score (nSPS) is 13.0. The Morgan fingerprint density at radius 1 is 1.21 bits per heavy atom. The fourth-order valence-electron chi connectivity index (χ4n) is 1.74. The quantitative estimate of drug-likeness (QED) is 0.907. The second-order valence-electron chi connectivity index (χ2n) is 3.95. The molecule has 0 aliphatic heterocycles. The molecule has 0 fully saturated rings. The number of nitrogens with one attached hydrogen (secondary N) is 2. The molecule has 0 saturated carbocycles. The van der Waals surface area contributed by atoms with Gasteiger partial charge in [-0.05, 0) is 18.1 Å². The summed E-state index contributed by atoms with van der Waals surface area (Å²) in [6.07, 6.45) is 1.84. The Hall–Kier alpha value is -1.54. The van der Waals surface area contributed by atoms with Crippen LogP contribution < -0.4 is 4.72 Å². The lowest BCUT2D eigenvalue weighted by Crippen LogP contribution is -2.37. The molecule has 1 heterocycles. The first kappa shape index (κ1) is 13.9. The van der Waals surface area contributed by atoms with E-state index in [4.69, 9.17) is 0 Å². The number of alkyl halides is 3. The zero-order valence-electron chi connectivity index (χ0n) is 9.66. The molecule has 2 N–H and O–H groups in total. The maximum absolute atomic E-state index is 12.1. The van der Waals surface area contributed by atoms with Gasteiger partial charge in [0.05, 0.1) is 0 Å². The molecular formula is C11H11F3N2O2S. The van der Waals surface area contributed by atoms with Gasteiger partial charge in [-0.15, -0.1) is 0 Å². The maximum Gasteiger partial charge on any atom is 0.511 e. The average Bonchev–Trinajstić information content (AvgIpc) is 2.71. The Morgan fingerprint density at radius 2 is 1.89 bits per heavy atom. The van der Waals surface area contributed by atoms with Crippen molar-refractivity contribution in [3.8, 4) is 0 Å². The summed E-state index contributed by atoms with van der Waals surface area (Å²) in [6.45, 7) is -0.302. The summed E-state index contributed by atoms with van der Waals surface area (Å²) in [5, 5.41) is 0.869. The van der Waals surface area contributed by atoms with Crippen molar-refractivity contribution in [3.05, 3.63) is 36.0 Å². The molecule has 104 valence electrons. The van der Waals surface area contributed by atoms with Gasteiger partial charge in [0, 0.05) is 23.6 Å². The fourth-order valence-corrected chi connectivity index (χ4v) is 2.27. The third-order valence-corrected chi connectivity index (χ3v) is 3.86. The molecule has 1 aromatic carbocycles. The highest BCUT2D eigenvalue weighted by Gasteiger charge is 2.45. The molecule has 0 radical (unpaired) electrons. The molecule has 0 aliphatic rings. The molecule has 4 nitrogen and oxygen atoms in total. The Morgan fingerprint density at radius 3 is 2.58 bits per heavy atom. The lowest BCUT2D eigenvalue weighted by molar-refractivity contribution is -0.0447. The van der Waals surface area contributed by atoms with Gasteiger partial charge >= 0.3 is 15.5 Å². The predicted molar refractivity (Wildman–Crippen MR) is 65.0 cm³/mol. The van der Waals surface area contributed by atoms with Crippen molar-refractivity contribution in [1.29, 1.82) is 0 Å². The first-order valence-electron chi connectivity index (χ1n) is 5.42. The number of H-pyrrole nitrogens is 1. The lowest BCUT2D eigenvalue weighted by atomic mass is 10.1. The highest BCUT2D eigenvalue weighted by molar-refractivity contribution is 7.90. The van der Waals surface area contributed by atoms with Crippen molar-refractivity contribution in [2.45, 2.75) is 11.9 Å². The van der Waals surface area contributed by atoms with Crippen LogP contribution in [0, 0.1) is 0 Å². The number of halogens is 3. The van der Waals surface area contributed by atoms with E-state index in [9.17, 15) is 21.6 Å². The smallest absolute Gasteiger partial charge is 0.361 e. The first-order valence-corrected chi connectivity index (χ1v) is 6.90. The van der Waals surface area contributed by atoms with Crippen LogP contribution in [0.15, 0.2) is 30.5 Å². The molecule has 1 aromatic heterocycles. The van der Waals surface area contributed by atoms with E-state index in [-0.39, 0.29) is 13.0 Å². The standard InChI is InChI=1S/C11H11F3N2O2S/c12-11(13,14)19(17,18)16-6-5-8-7-15-10-4-2-1-3-9(8)10/h1-4,7,15-16H,5-6H2. The van der Waals surface area contributed by atoms with E-state index in [1.807, 2.05) is 18.2 Å². The van der Waals surface area contributed by atoms with E-state index in [2.05, 4.69) is 4.98 Å². The third-order valence-electron chi connectivity index (χ3n) is 2.67. The Labute approximate surface area is 107 Å². The summed E-state index contributed by atoms with van der Waals surface area (Å²) in [6, 6.07) is 7.28. The Bertz CT molecular complexity index is 677. The van der Waals surface area contributed by atoms with Gasteiger partial charge in [-0.2, -0.15) is 13.2 Å². The van der Waals surface area contributed by atoms with Crippen LogP contribution in [0.3, 0.4) is 0 Å². The molecule has 2 rings (SSSR count). The van der Waals surface area contributed by atoms with Crippen molar-refractivity contribution in [1.82, 2.24) is 9.71 Å².